The molecule has 0 aliphatic rings. The van der Waals surface area contributed by atoms with E-state index >= 15 is 0 Å². The van der Waals surface area contributed by atoms with Gasteiger partial charge in [-0.15, -0.1) is 0 Å². The average molecular weight is 584 g/mol. The number of nitrogens with one attached hydrogen (secondary N) is 1. The quantitative estimate of drug-likeness (QED) is 0.283. The average Bonchev–Trinajstić information content (AvgIpc) is 2.94. The fourth-order valence-electron chi connectivity index (χ4n) is 4.44. The molecular formula is C31H38FN3O5S. The van der Waals surface area contributed by atoms with Crippen LogP contribution < -0.4 is 14.4 Å². The van der Waals surface area contributed by atoms with Crippen LogP contribution in [0, 0.1) is 12.7 Å². The van der Waals surface area contributed by atoms with Gasteiger partial charge >= 0.3 is 0 Å². The Labute approximate surface area is 242 Å². The zero-order valence-electron chi connectivity index (χ0n) is 24.0. The van der Waals surface area contributed by atoms with Crippen LogP contribution in [0.5, 0.6) is 5.75 Å². The lowest BCUT2D eigenvalue weighted by atomic mass is 10.0. The Morgan fingerprint density at radius 3 is 2.29 bits per heavy atom. The molecule has 0 unspecified atom stereocenters. The van der Waals surface area contributed by atoms with Gasteiger partial charge in [0.1, 0.15) is 24.2 Å². The Bertz CT molecular complexity index is 1420. The molecule has 3 aromatic rings. The van der Waals surface area contributed by atoms with E-state index < -0.39 is 34.3 Å². The molecule has 0 aliphatic heterocycles. The van der Waals surface area contributed by atoms with Crippen LogP contribution in [0.1, 0.15) is 36.5 Å². The maximum atomic E-state index is 14.1. The van der Waals surface area contributed by atoms with Gasteiger partial charge in [-0.05, 0) is 54.3 Å². The van der Waals surface area contributed by atoms with Gasteiger partial charge in [-0.3, -0.25) is 13.9 Å². The number of nitrogens with zero attached hydrogens (tertiary/aromatic N) is 2. The highest BCUT2D eigenvalue weighted by Gasteiger charge is 2.33. The Kier molecular flexibility index (Phi) is 11.3. The Morgan fingerprint density at radius 1 is 1.00 bits per heavy atom. The summed E-state index contributed by atoms with van der Waals surface area (Å²) in [6.45, 7) is 3.67. The Morgan fingerprint density at radius 2 is 1.68 bits per heavy atom. The molecule has 0 saturated carbocycles. The van der Waals surface area contributed by atoms with E-state index in [9.17, 15) is 22.4 Å². The van der Waals surface area contributed by atoms with E-state index in [-0.39, 0.29) is 30.3 Å². The second kappa shape index (κ2) is 14.6. The van der Waals surface area contributed by atoms with Gasteiger partial charge in [-0.2, -0.15) is 0 Å². The third-order valence-electron chi connectivity index (χ3n) is 6.65. The first-order valence-corrected chi connectivity index (χ1v) is 15.4. The van der Waals surface area contributed by atoms with E-state index in [2.05, 4.69) is 5.32 Å². The minimum atomic E-state index is -3.94. The molecule has 220 valence electrons. The van der Waals surface area contributed by atoms with Crippen molar-refractivity contribution in [2.45, 2.75) is 45.7 Å². The van der Waals surface area contributed by atoms with Crippen molar-refractivity contribution in [3.8, 4) is 5.75 Å². The second-order valence-corrected chi connectivity index (χ2v) is 11.8. The van der Waals surface area contributed by atoms with E-state index in [1.54, 1.807) is 30.3 Å². The number of benzene rings is 3. The second-order valence-electron chi connectivity index (χ2n) is 9.94. The zero-order valence-corrected chi connectivity index (χ0v) is 24.8. The summed E-state index contributed by atoms with van der Waals surface area (Å²) in [5.74, 6) is -1.08. The number of methoxy groups -OCH3 is 1. The van der Waals surface area contributed by atoms with Crippen LogP contribution in [0.2, 0.25) is 0 Å². The molecule has 0 bridgehead atoms. The van der Waals surface area contributed by atoms with Crippen molar-refractivity contribution in [3.05, 3.63) is 95.3 Å². The molecule has 1 atom stereocenters. The van der Waals surface area contributed by atoms with Crippen molar-refractivity contribution in [2.75, 3.05) is 30.8 Å². The molecule has 0 aliphatic carbocycles. The highest BCUT2D eigenvalue weighted by Crippen LogP contribution is 2.31. The van der Waals surface area contributed by atoms with Crippen LogP contribution >= 0.6 is 0 Å². The van der Waals surface area contributed by atoms with Gasteiger partial charge in [0.25, 0.3) is 0 Å². The number of carbonyl (C=O) groups is 2. The smallest absolute Gasteiger partial charge is 0.244 e. The molecule has 2 amide bonds. The number of ether oxygens (including phenoxy) is 1. The van der Waals surface area contributed by atoms with E-state index in [0.717, 1.165) is 34.5 Å². The summed E-state index contributed by atoms with van der Waals surface area (Å²) in [7, 11) is -2.52. The molecule has 0 heterocycles. The first-order valence-electron chi connectivity index (χ1n) is 13.5. The van der Waals surface area contributed by atoms with Gasteiger partial charge in [0.2, 0.25) is 21.8 Å². The maximum Gasteiger partial charge on any atom is 0.244 e. The lowest BCUT2D eigenvalue weighted by molar-refractivity contribution is -0.140. The number of halogens is 1. The van der Waals surface area contributed by atoms with Crippen molar-refractivity contribution in [2.24, 2.45) is 0 Å². The number of unbranched alkanes of at least 4 members (excludes halogenated alkanes) is 1. The van der Waals surface area contributed by atoms with Crippen LogP contribution in [-0.4, -0.2) is 57.6 Å². The van der Waals surface area contributed by atoms with E-state index in [4.69, 9.17) is 4.74 Å². The number of sulfonamides is 1. The number of anilines is 1. The highest BCUT2D eigenvalue weighted by atomic mass is 32.2. The molecule has 8 nitrogen and oxygen atoms in total. The van der Waals surface area contributed by atoms with E-state index in [0.29, 0.717) is 12.1 Å². The van der Waals surface area contributed by atoms with Gasteiger partial charge in [0, 0.05) is 19.5 Å². The predicted molar refractivity (Wildman–Crippen MR) is 159 cm³/mol. The number of hydrogen-bond acceptors (Lipinski definition) is 5. The molecule has 3 aromatic carbocycles. The monoisotopic (exact) mass is 583 g/mol. The van der Waals surface area contributed by atoms with Crippen molar-refractivity contribution in [1.29, 1.82) is 0 Å². The molecular weight excluding hydrogens is 545 g/mol. The minimum Gasteiger partial charge on any atom is -0.495 e. The lowest BCUT2D eigenvalue weighted by Crippen LogP contribution is -2.53. The van der Waals surface area contributed by atoms with E-state index in [1.807, 2.05) is 44.2 Å². The minimum absolute atomic E-state index is 0.0274. The van der Waals surface area contributed by atoms with Gasteiger partial charge in [-0.1, -0.05) is 61.9 Å². The third kappa shape index (κ3) is 9.04. The number of rotatable bonds is 14. The van der Waals surface area contributed by atoms with Crippen LogP contribution in [-0.2, 0) is 32.6 Å². The Hall–Kier alpha value is -3.92. The Balaban J connectivity index is 2.07. The molecule has 0 aromatic heterocycles. The summed E-state index contributed by atoms with van der Waals surface area (Å²) in [5, 5.41) is 2.93. The van der Waals surface area contributed by atoms with Gasteiger partial charge < -0.3 is 15.0 Å². The highest BCUT2D eigenvalue weighted by molar-refractivity contribution is 7.92. The fraction of sp³-hybridized carbons (Fsp3) is 0.355. The maximum absolute atomic E-state index is 14.1. The van der Waals surface area contributed by atoms with Crippen molar-refractivity contribution < 1.29 is 27.1 Å². The van der Waals surface area contributed by atoms with E-state index in [1.165, 1.54) is 24.1 Å². The number of carbonyl (C=O) groups excluding carboxylic acids is 2. The summed E-state index contributed by atoms with van der Waals surface area (Å²) in [4.78, 5) is 29.1. The zero-order chi connectivity index (χ0) is 30.0. The summed E-state index contributed by atoms with van der Waals surface area (Å²) >= 11 is 0. The van der Waals surface area contributed by atoms with Crippen molar-refractivity contribution >= 4 is 27.5 Å². The standard InChI is InChI=1S/C31H38FN3O5S/c1-5-6-18-33-31(37)28(20-24-10-8-7-9-11-24)34(21-25-13-15-26(32)16-14-25)30(36)22-35(41(4,38)39)27-19-23(2)12-17-29(27)40-3/h7-17,19,28H,5-6,18,20-22H2,1-4H3,(H,33,37)/t28-/m1/s1. The van der Waals surface area contributed by atoms with Crippen LogP contribution in [0.3, 0.4) is 0 Å². The lowest BCUT2D eigenvalue weighted by Gasteiger charge is -2.33. The van der Waals surface area contributed by atoms with Crippen molar-refractivity contribution in [1.82, 2.24) is 10.2 Å². The first-order chi connectivity index (χ1) is 19.5. The normalized spacial score (nSPS) is 11.9. The van der Waals surface area contributed by atoms with Crippen molar-refractivity contribution in [3.63, 3.8) is 0 Å². The third-order valence-corrected chi connectivity index (χ3v) is 7.78. The molecule has 0 fully saturated rings. The molecule has 3 rings (SSSR count). The predicted octanol–water partition coefficient (Wildman–Crippen LogP) is 4.47. The largest absolute Gasteiger partial charge is 0.495 e. The molecule has 41 heavy (non-hydrogen) atoms. The molecule has 10 heteroatoms. The van der Waals surface area contributed by atoms with Gasteiger partial charge in [-0.25, -0.2) is 12.8 Å². The molecule has 1 N–H and O–H groups in total. The van der Waals surface area contributed by atoms with Crippen LogP contribution in [0.25, 0.3) is 0 Å². The fourth-order valence-corrected chi connectivity index (χ4v) is 5.28. The SMILES string of the molecule is CCCCNC(=O)[C@@H](Cc1ccccc1)N(Cc1ccc(F)cc1)C(=O)CN(c1cc(C)ccc1OC)S(C)(=O)=O. The summed E-state index contributed by atoms with van der Waals surface area (Å²) in [5.41, 5.74) is 2.43. The van der Waals surface area contributed by atoms with Crippen LogP contribution in [0.4, 0.5) is 10.1 Å². The number of aryl methyl sites for hydroxylation is 1. The van der Waals surface area contributed by atoms with Gasteiger partial charge in [0.05, 0.1) is 19.1 Å². The summed E-state index contributed by atoms with van der Waals surface area (Å²) < 4.78 is 46.1. The number of amides is 2. The molecule has 0 radical (unpaired) electrons. The molecule has 0 saturated heterocycles. The van der Waals surface area contributed by atoms with Crippen LogP contribution in [0.15, 0.2) is 72.8 Å². The van der Waals surface area contributed by atoms with Gasteiger partial charge in [0.15, 0.2) is 0 Å². The summed E-state index contributed by atoms with van der Waals surface area (Å²) in [6.07, 6.45) is 2.87. The first kappa shape index (κ1) is 31.6. The molecule has 0 spiro atoms. The summed E-state index contributed by atoms with van der Waals surface area (Å²) in [6, 6.07) is 19.1. The number of hydrogen-bond donors (Lipinski definition) is 1. The topological polar surface area (TPSA) is 96.0 Å².